The number of carbonyl (C=O) groups is 3. The summed E-state index contributed by atoms with van der Waals surface area (Å²) < 4.78 is 32.1. The van der Waals surface area contributed by atoms with Crippen LogP contribution in [0.1, 0.15) is 44.1 Å². The van der Waals surface area contributed by atoms with Crippen molar-refractivity contribution in [1.29, 1.82) is 0 Å². The highest BCUT2D eigenvalue weighted by Gasteiger charge is 2.54. The van der Waals surface area contributed by atoms with Gasteiger partial charge in [0.2, 0.25) is 23.1 Å². The van der Waals surface area contributed by atoms with Gasteiger partial charge in [-0.2, -0.15) is 0 Å². The Morgan fingerprint density at radius 3 is 1.28 bits per heavy atom. The molecule has 43 heavy (non-hydrogen) atoms. The molecular formula is C31H47N3O9. The second-order valence-corrected chi connectivity index (χ2v) is 11.1. The van der Waals surface area contributed by atoms with E-state index in [0.717, 1.165) is 39.1 Å². The number of hydrogen-bond donors (Lipinski definition) is 3. The van der Waals surface area contributed by atoms with Crippen LogP contribution in [0.5, 0.6) is 0 Å². The largest absolute Gasteiger partial charge is 0.379 e. The number of nitrogens with one attached hydrogen (secondary N) is 3. The zero-order valence-electron chi connectivity index (χ0n) is 25.0. The van der Waals surface area contributed by atoms with E-state index >= 15 is 0 Å². The summed E-state index contributed by atoms with van der Waals surface area (Å²) in [4.78, 5) is 41.6. The van der Waals surface area contributed by atoms with Crippen molar-refractivity contribution in [2.24, 2.45) is 0 Å². The van der Waals surface area contributed by atoms with Crippen LogP contribution in [0.25, 0.3) is 0 Å². The fraction of sp³-hybridized carbons (Fsp3) is 0.710. The van der Waals surface area contributed by atoms with Crippen LogP contribution in [0, 0.1) is 0 Å². The normalized spacial score (nSPS) is 21.4. The maximum atomic E-state index is 13.9. The van der Waals surface area contributed by atoms with Gasteiger partial charge in [0.25, 0.3) is 0 Å². The summed E-state index contributed by atoms with van der Waals surface area (Å²) in [6, 6.07) is 8.53. The van der Waals surface area contributed by atoms with Gasteiger partial charge in [-0.15, -0.1) is 0 Å². The molecule has 3 saturated heterocycles. The van der Waals surface area contributed by atoms with E-state index in [1.807, 2.05) is 0 Å². The van der Waals surface area contributed by atoms with Gasteiger partial charge in [-0.3, -0.25) is 14.4 Å². The number of hydrogen-bond acceptors (Lipinski definition) is 9. The highest BCUT2D eigenvalue weighted by Crippen LogP contribution is 2.26. The smallest absolute Gasteiger partial charge is 0.249 e. The lowest BCUT2D eigenvalue weighted by atomic mass is 9.77. The molecule has 12 heteroatoms. The molecule has 3 atom stereocenters. The van der Waals surface area contributed by atoms with Gasteiger partial charge in [0.1, 0.15) is 18.3 Å². The third-order valence-corrected chi connectivity index (χ3v) is 7.35. The molecule has 4 rings (SSSR count). The predicted molar refractivity (Wildman–Crippen MR) is 157 cm³/mol. The molecule has 3 amide bonds. The molecule has 0 bridgehead atoms. The first-order valence-electron chi connectivity index (χ1n) is 15.6. The Balaban J connectivity index is 1.32. The third-order valence-electron chi connectivity index (χ3n) is 7.35. The minimum atomic E-state index is -2.08. The molecule has 0 saturated carbocycles. The summed E-state index contributed by atoms with van der Waals surface area (Å²) in [5, 5.41) is 8.58. The number of rotatable bonds is 25. The van der Waals surface area contributed by atoms with E-state index in [4.69, 9.17) is 28.4 Å². The van der Waals surface area contributed by atoms with Gasteiger partial charge in [0.05, 0.1) is 39.6 Å². The van der Waals surface area contributed by atoms with E-state index in [1.165, 1.54) is 0 Å². The molecule has 3 unspecified atom stereocenters. The second kappa shape index (κ2) is 18.3. The van der Waals surface area contributed by atoms with Crippen molar-refractivity contribution in [2.45, 2.75) is 62.3 Å². The monoisotopic (exact) mass is 605 g/mol. The van der Waals surface area contributed by atoms with Crippen molar-refractivity contribution >= 4 is 17.7 Å². The maximum absolute atomic E-state index is 13.9. The fourth-order valence-electron chi connectivity index (χ4n) is 4.52. The van der Waals surface area contributed by atoms with Crippen LogP contribution in [-0.2, 0) is 48.2 Å². The second-order valence-electron chi connectivity index (χ2n) is 11.1. The van der Waals surface area contributed by atoms with Crippen LogP contribution in [0.4, 0.5) is 0 Å². The summed E-state index contributed by atoms with van der Waals surface area (Å²) in [5.74, 6) is -1.95. The Morgan fingerprint density at radius 1 is 0.605 bits per heavy atom. The van der Waals surface area contributed by atoms with E-state index in [0.29, 0.717) is 84.1 Å². The van der Waals surface area contributed by atoms with Crippen molar-refractivity contribution in [3.8, 4) is 0 Å². The van der Waals surface area contributed by atoms with Crippen molar-refractivity contribution in [1.82, 2.24) is 16.0 Å². The lowest BCUT2D eigenvalue weighted by Gasteiger charge is -2.30. The van der Waals surface area contributed by atoms with E-state index in [1.54, 1.807) is 30.3 Å². The molecule has 3 aliphatic rings. The summed E-state index contributed by atoms with van der Waals surface area (Å²) in [6.45, 7) is 6.53. The third kappa shape index (κ3) is 11.8. The topological polar surface area (TPSA) is 153 Å². The van der Waals surface area contributed by atoms with E-state index in [9.17, 15) is 14.4 Å². The van der Waals surface area contributed by atoms with E-state index in [-0.39, 0.29) is 18.3 Å². The van der Waals surface area contributed by atoms with Gasteiger partial charge in [-0.1, -0.05) is 30.3 Å². The average molecular weight is 606 g/mol. The summed E-state index contributed by atoms with van der Waals surface area (Å²) >= 11 is 0. The van der Waals surface area contributed by atoms with Crippen LogP contribution in [-0.4, -0.2) is 115 Å². The van der Waals surface area contributed by atoms with Crippen LogP contribution < -0.4 is 16.0 Å². The minimum absolute atomic E-state index is 0.206. The molecule has 240 valence electrons. The molecule has 0 radical (unpaired) electrons. The first-order valence-corrected chi connectivity index (χ1v) is 15.6. The molecule has 0 spiro atoms. The fourth-order valence-corrected chi connectivity index (χ4v) is 4.52. The Labute approximate surface area is 253 Å². The first kappa shape index (κ1) is 33.3. The molecule has 3 heterocycles. The lowest BCUT2D eigenvalue weighted by Crippen LogP contribution is -2.63. The first-order chi connectivity index (χ1) is 21.1. The number of carbonyl (C=O) groups excluding carboxylic acids is 3. The van der Waals surface area contributed by atoms with Crippen molar-refractivity contribution in [3.63, 3.8) is 0 Å². The Kier molecular flexibility index (Phi) is 14.1. The predicted octanol–water partition coefficient (Wildman–Crippen LogP) is 0.860. The van der Waals surface area contributed by atoms with Gasteiger partial charge >= 0.3 is 0 Å². The molecule has 1 aromatic rings. The molecule has 12 nitrogen and oxygen atoms in total. The molecular weight excluding hydrogens is 558 g/mol. The van der Waals surface area contributed by atoms with Crippen LogP contribution in [0.3, 0.4) is 0 Å². The number of unbranched alkanes of at least 4 members (excludes halogenated alkanes) is 3. The standard InChI is InChI=1S/C31H47N3O9/c35-28(32-12-4-7-15-38-18-25-21-41-25)31(24-10-2-1-3-11-24,29(36)33-13-5-8-16-39-19-26-22-42-26)30(37)34-14-6-9-17-40-20-27-23-43-27/h1-3,10-11,25-27H,4-9,12-23H2,(H,32,35)(H,33,36)(H,34,37). The zero-order chi connectivity index (χ0) is 30.2. The van der Waals surface area contributed by atoms with Crippen LogP contribution in [0.15, 0.2) is 30.3 Å². The van der Waals surface area contributed by atoms with Gasteiger partial charge in [0, 0.05) is 39.5 Å². The highest BCUT2D eigenvalue weighted by molar-refractivity contribution is 6.28. The van der Waals surface area contributed by atoms with Gasteiger partial charge in [-0.25, -0.2) is 0 Å². The highest BCUT2D eigenvalue weighted by atomic mass is 16.6. The molecule has 1 aromatic carbocycles. The number of ether oxygens (including phenoxy) is 6. The Bertz CT molecular complexity index is 891. The molecule has 3 N–H and O–H groups in total. The van der Waals surface area contributed by atoms with Crippen LogP contribution in [0.2, 0.25) is 0 Å². The Morgan fingerprint density at radius 2 is 0.953 bits per heavy atom. The SMILES string of the molecule is O=C(NCCCCOCC1CO1)C(C(=O)NCCCCOCC1CO1)(C(=O)NCCCCOCC1CO1)c1ccccc1. The van der Waals surface area contributed by atoms with Crippen LogP contribution >= 0.6 is 0 Å². The summed E-state index contributed by atoms with van der Waals surface area (Å²) in [6.07, 6.45) is 4.73. The average Bonchev–Trinajstić information content (AvgIpc) is 3.86. The lowest BCUT2D eigenvalue weighted by molar-refractivity contribution is -0.146. The summed E-state index contributed by atoms with van der Waals surface area (Å²) in [5.41, 5.74) is -1.77. The molecule has 3 aliphatic heterocycles. The molecule has 3 fully saturated rings. The number of benzene rings is 1. The summed E-state index contributed by atoms with van der Waals surface area (Å²) in [7, 11) is 0. The minimum Gasteiger partial charge on any atom is -0.379 e. The van der Waals surface area contributed by atoms with Crippen molar-refractivity contribution in [2.75, 3.05) is 79.1 Å². The molecule has 0 aliphatic carbocycles. The van der Waals surface area contributed by atoms with Gasteiger partial charge in [0.15, 0.2) is 0 Å². The molecule has 0 aromatic heterocycles. The Hall–Kier alpha value is -2.61. The van der Waals surface area contributed by atoms with E-state index < -0.39 is 23.1 Å². The van der Waals surface area contributed by atoms with Gasteiger partial charge in [-0.05, 0) is 44.1 Å². The number of epoxide rings is 3. The van der Waals surface area contributed by atoms with Gasteiger partial charge < -0.3 is 44.4 Å². The van der Waals surface area contributed by atoms with E-state index in [2.05, 4.69) is 16.0 Å². The zero-order valence-corrected chi connectivity index (χ0v) is 25.0. The van der Waals surface area contributed by atoms with Crippen molar-refractivity contribution in [3.05, 3.63) is 35.9 Å². The maximum Gasteiger partial charge on any atom is 0.249 e. The quantitative estimate of drug-likeness (QED) is 0.0837. The van der Waals surface area contributed by atoms with Crippen molar-refractivity contribution < 1.29 is 42.8 Å². The number of amides is 3.